The standard InChI is InChI=1S/C6H6N2OS/c9-10-2-1-5-3-7-4-8-6(5)10/h1-4,6H,(H,7,8). The van der Waals surface area contributed by atoms with Gasteiger partial charge in [-0.3, -0.25) is 0 Å². The first-order valence-electron chi connectivity index (χ1n) is 2.93. The predicted octanol–water partition coefficient (Wildman–Crippen LogP) is 0.104. The molecule has 10 heavy (non-hydrogen) atoms. The van der Waals surface area contributed by atoms with Crippen molar-refractivity contribution in [3.63, 3.8) is 0 Å². The van der Waals surface area contributed by atoms with Gasteiger partial charge in [0, 0.05) is 22.9 Å². The molecule has 0 aliphatic carbocycles. The molecule has 0 amide bonds. The average Bonchev–Trinajstić information content (AvgIpc) is 2.34. The van der Waals surface area contributed by atoms with Crippen LogP contribution in [0.25, 0.3) is 0 Å². The SMILES string of the molecule is [O-][S+]1C=CC2=CN=CNC21. The van der Waals surface area contributed by atoms with E-state index in [9.17, 15) is 4.55 Å². The summed E-state index contributed by atoms with van der Waals surface area (Å²) in [6.45, 7) is 0. The van der Waals surface area contributed by atoms with Crippen molar-refractivity contribution in [1.82, 2.24) is 5.32 Å². The molecule has 2 rings (SSSR count). The van der Waals surface area contributed by atoms with Crippen molar-refractivity contribution in [2.24, 2.45) is 4.99 Å². The summed E-state index contributed by atoms with van der Waals surface area (Å²) in [7, 11) is 0. The zero-order valence-electron chi connectivity index (χ0n) is 5.15. The number of rotatable bonds is 0. The molecule has 4 heteroatoms. The third-order valence-corrected chi connectivity index (χ3v) is 2.73. The molecule has 2 aliphatic heterocycles. The Morgan fingerprint density at radius 3 is 3.40 bits per heavy atom. The van der Waals surface area contributed by atoms with Gasteiger partial charge in [0.25, 0.3) is 0 Å². The Morgan fingerprint density at radius 2 is 2.60 bits per heavy atom. The molecule has 2 heterocycles. The fraction of sp³-hybridized carbons (Fsp3) is 0.167. The van der Waals surface area contributed by atoms with E-state index in [1.165, 1.54) is 0 Å². The first-order valence-corrected chi connectivity index (χ1v) is 4.21. The predicted molar refractivity (Wildman–Crippen MR) is 40.8 cm³/mol. The van der Waals surface area contributed by atoms with Crippen LogP contribution in [0.5, 0.6) is 0 Å². The van der Waals surface area contributed by atoms with Crippen molar-refractivity contribution >= 4 is 17.5 Å². The summed E-state index contributed by atoms with van der Waals surface area (Å²) in [5.74, 6) is 0. The third kappa shape index (κ3) is 0.767. The second kappa shape index (κ2) is 2.14. The molecule has 0 spiro atoms. The fourth-order valence-corrected chi connectivity index (χ4v) is 2.00. The van der Waals surface area contributed by atoms with Gasteiger partial charge < -0.3 is 9.87 Å². The van der Waals surface area contributed by atoms with Crippen LogP contribution in [0.4, 0.5) is 0 Å². The number of nitrogens with one attached hydrogen (secondary N) is 1. The number of hydrogen-bond donors (Lipinski definition) is 1. The highest BCUT2D eigenvalue weighted by atomic mass is 32.2. The van der Waals surface area contributed by atoms with Crippen LogP contribution in [-0.4, -0.2) is 16.3 Å². The van der Waals surface area contributed by atoms with E-state index in [-0.39, 0.29) is 5.37 Å². The van der Waals surface area contributed by atoms with Crippen molar-refractivity contribution < 1.29 is 4.55 Å². The number of hydrogen-bond acceptors (Lipinski definition) is 3. The summed E-state index contributed by atoms with van der Waals surface area (Å²) in [6, 6.07) is 0. The van der Waals surface area contributed by atoms with Gasteiger partial charge in [-0.15, -0.1) is 0 Å². The molecule has 52 valence electrons. The van der Waals surface area contributed by atoms with E-state index in [0.29, 0.717) is 0 Å². The van der Waals surface area contributed by atoms with Crippen LogP contribution in [0.15, 0.2) is 28.2 Å². The summed E-state index contributed by atoms with van der Waals surface area (Å²) < 4.78 is 11.1. The molecule has 0 saturated carbocycles. The minimum Gasteiger partial charge on any atom is -0.610 e. The van der Waals surface area contributed by atoms with Crippen molar-refractivity contribution in [1.29, 1.82) is 0 Å². The number of nitrogens with zero attached hydrogens (tertiary/aromatic N) is 1. The molecule has 0 aromatic rings. The lowest BCUT2D eigenvalue weighted by molar-refractivity contribution is 0.593. The lowest BCUT2D eigenvalue weighted by Gasteiger charge is -2.15. The van der Waals surface area contributed by atoms with Gasteiger partial charge in [0.2, 0.25) is 5.37 Å². The summed E-state index contributed by atoms with van der Waals surface area (Å²) in [5.41, 5.74) is 1.00. The Balaban J connectivity index is 2.30. The molecule has 2 atom stereocenters. The maximum Gasteiger partial charge on any atom is 0.219 e. The van der Waals surface area contributed by atoms with Crippen LogP contribution in [0.1, 0.15) is 0 Å². The first-order chi connectivity index (χ1) is 4.88. The minimum absolute atomic E-state index is 0.0440. The van der Waals surface area contributed by atoms with Crippen LogP contribution < -0.4 is 5.32 Å². The Hall–Kier alpha value is -0.740. The molecule has 1 N–H and O–H groups in total. The van der Waals surface area contributed by atoms with E-state index in [0.717, 1.165) is 5.57 Å². The highest BCUT2D eigenvalue weighted by Crippen LogP contribution is 2.22. The Morgan fingerprint density at radius 1 is 1.70 bits per heavy atom. The molecular weight excluding hydrogens is 148 g/mol. The van der Waals surface area contributed by atoms with Crippen LogP contribution in [0.2, 0.25) is 0 Å². The van der Waals surface area contributed by atoms with E-state index in [2.05, 4.69) is 10.3 Å². The Bertz CT molecular complexity index is 234. The number of aliphatic imine (C=N–C) groups is 1. The van der Waals surface area contributed by atoms with Gasteiger partial charge in [0.15, 0.2) is 0 Å². The Kier molecular flexibility index (Phi) is 1.28. The molecule has 0 fully saturated rings. The lowest BCUT2D eigenvalue weighted by atomic mass is 10.3. The highest BCUT2D eigenvalue weighted by molar-refractivity contribution is 7.95. The molecule has 3 nitrogen and oxygen atoms in total. The molecular formula is C6H6N2OS. The van der Waals surface area contributed by atoms with Crippen molar-refractivity contribution in [3.8, 4) is 0 Å². The topological polar surface area (TPSA) is 47.5 Å². The molecule has 0 aromatic heterocycles. The highest BCUT2D eigenvalue weighted by Gasteiger charge is 2.29. The second-order valence-electron chi connectivity index (χ2n) is 2.09. The molecule has 0 aromatic carbocycles. The quantitative estimate of drug-likeness (QED) is 0.503. The summed E-state index contributed by atoms with van der Waals surface area (Å²) >= 11 is -0.891. The van der Waals surface area contributed by atoms with Gasteiger partial charge in [0.05, 0.1) is 6.34 Å². The van der Waals surface area contributed by atoms with Crippen LogP contribution in [-0.2, 0) is 11.2 Å². The van der Waals surface area contributed by atoms with E-state index in [1.807, 2.05) is 6.08 Å². The van der Waals surface area contributed by atoms with Crippen molar-refractivity contribution in [2.45, 2.75) is 5.37 Å². The van der Waals surface area contributed by atoms with Gasteiger partial charge in [-0.05, 0) is 6.08 Å². The largest absolute Gasteiger partial charge is 0.610 e. The zero-order valence-corrected chi connectivity index (χ0v) is 5.97. The maximum absolute atomic E-state index is 11.1. The minimum atomic E-state index is -0.891. The molecule has 0 radical (unpaired) electrons. The van der Waals surface area contributed by atoms with Crippen LogP contribution >= 0.6 is 0 Å². The summed E-state index contributed by atoms with van der Waals surface area (Å²) in [5, 5.41) is 4.54. The van der Waals surface area contributed by atoms with Gasteiger partial charge >= 0.3 is 0 Å². The zero-order chi connectivity index (χ0) is 6.97. The maximum atomic E-state index is 11.1. The number of fused-ring (bicyclic) bond motifs is 1. The fourth-order valence-electron chi connectivity index (χ4n) is 0.954. The van der Waals surface area contributed by atoms with Crippen molar-refractivity contribution in [2.75, 3.05) is 0 Å². The second-order valence-corrected chi connectivity index (χ2v) is 3.49. The molecule has 0 saturated heterocycles. The molecule has 2 unspecified atom stereocenters. The van der Waals surface area contributed by atoms with E-state index in [4.69, 9.17) is 0 Å². The average molecular weight is 154 g/mol. The normalized spacial score (nSPS) is 35.1. The van der Waals surface area contributed by atoms with Gasteiger partial charge in [0.1, 0.15) is 5.41 Å². The van der Waals surface area contributed by atoms with E-state index < -0.39 is 11.2 Å². The van der Waals surface area contributed by atoms with E-state index in [1.54, 1.807) is 17.9 Å². The summed E-state index contributed by atoms with van der Waals surface area (Å²) in [4.78, 5) is 3.87. The third-order valence-electron chi connectivity index (χ3n) is 1.45. The van der Waals surface area contributed by atoms with Crippen molar-refractivity contribution in [3.05, 3.63) is 23.3 Å². The monoisotopic (exact) mass is 154 g/mol. The first kappa shape index (κ1) is 6.00. The smallest absolute Gasteiger partial charge is 0.219 e. The van der Waals surface area contributed by atoms with Gasteiger partial charge in [-0.2, -0.15) is 0 Å². The van der Waals surface area contributed by atoms with Crippen LogP contribution in [0, 0.1) is 0 Å². The van der Waals surface area contributed by atoms with Gasteiger partial charge in [-0.1, -0.05) is 0 Å². The van der Waals surface area contributed by atoms with Gasteiger partial charge in [-0.25, -0.2) is 4.99 Å². The Labute approximate surface area is 61.7 Å². The summed E-state index contributed by atoms with van der Waals surface area (Å²) in [6.07, 6.45) is 5.13. The molecule has 0 bridgehead atoms. The van der Waals surface area contributed by atoms with E-state index >= 15 is 0 Å². The lowest BCUT2D eigenvalue weighted by Crippen LogP contribution is -2.34. The van der Waals surface area contributed by atoms with Crippen LogP contribution in [0.3, 0.4) is 0 Å². The molecule has 2 aliphatic rings.